The number of amides is 1. The third-order valence-electron chi connectivity index (χ3n) is 4.59. The van der Waals surface area contributed by atoms with Crippen molar-refractivity contribution in [3.05, 3.63) is 96.1 Å². The number of carbonyl (C=O) groups is 2. The minimum absolute atomic E-state index is 0.320. The smallest absolute Gasteiger partial charge is 0.339 e. The van der Waals surface area contributed by atoms with Crippen LogP contribution >= 0.6 is 0 Å². The van der Waals surface area contributed by atoms with Crippen molar-refractivity contribution < 1.29 is 19.1 Å². The molecule has 0 aliphatic carbocycles. The summed E-state index contributed by atoms with van der Waals surface area (Å²) < 4.78 is 10.8. The number of ether oxygens (including phenoxy) is 2. The van der Waals surface area contributed by atoms with E-state index in [9.17, 15) is 9.59 Å². The second-order valence-corrected chi connectivity index (χ2v) is 6.53. The molecule has 0 heterocycles. The normalized spacial score (nSPS) is 10.9. The molecule has 0 saturated carbocycles. The van der Waals surface area contributed by atoms with Gasteiger partial charge in [0.25, 0.3) is 5.91 Å². The second kappa shape index (κ2) is 10.1. The molecular weight excluding hydrogens is 378 g/mol. The fraction of sp³-hybridized carbons (Fsp3) is 0.120. The number of carbonyl (C=O) groups excluding carboxylic acids is 2. The van der Waals surface area contributed by atoms with Crippen LogP contribution in [-0.4, -0.2) is 32.6 Å². The van der Waals surface area contributed by atoms with Crippen LogP contribution in [0.25, 0.3) is 11.6 Å². The Labute approximate surface area is 176 Å². The summed E-state index contributed by atoms with van der Waals surface area (Å²) in [7, 11) is 3.22. The van der Waals surface area contributed by atoms with Crippen LogP contribution in [-0.2, 0) is 14.3 Å². The molecule has 0 N–H and O–H groups in total. The van der Waals surface area contributed by atoms with Crippen molar-refractivity contribution in [2.24, 2.45) is 0 Å². The van der Waals surface area contributed by atoms with E-state index in [1.165, 1.54) is 4.90 Å². The minimum atomic E-state index is -0.582. The number of methoxy groups -OCH3 is 1. The number of hydrogen-bond donors (Lipinski definition) is 0. The van der Waals surface area contributed by atoms with Gasteiger partial charge in [-0.05, 0) is 29.8 Å². The lowest BCUT2D eigenvalue weighted by Gasteiger charge is -2.17. The fourth-order valence-electron chi connectivity index (χ4n) is 2.92. The maximum Gasteiger partial charge on any atom is 0.339 e. The van der Waals surface area contributed by atoms with Gasteiger partial charge in [0.05, 0.1) is 12.7 Å². The van der Waals surface area contributed by atoms with Gasteiger partial charge < -0.3 is 14.4 Å². The van der Waals surface area contributed by atoms with E-state index in [1.54, 1.807) is 20.2 Å². The van der Waals surface area contributed by atoms with Gasteiger partial charge in [-0.25, -0.2) is 4.79 Å². The number of rotatable bonds is 7. The molecule has 3 aromatic rings. The van der Waals surface area contributed by atoms with Gasteiger partial charge in [-0.2, -0.15) is 0 Å². The van der Waals surface area contributed by atoms with Crippen molar-refractivity contribution in [1.82, 2.24) is 0 Å². The number of para-hydroxylation sites is 2. The maximum absolute atomic E-state index is 12.9. The van der Waals surface area contributed by atoms with Gasteiger partial charge in [0.1, 0.15) is 5.75 Å². The number of esters is 1. The summed E-state index contributed by atoms with van der Waals surface area (Å²) in [6.45, 7) is -0.361. The largest absolute Gasteiger partial charge is 0.496 e. The van der Waals surface area contributed by atoms with Gasteiger partial charge >= 0.3 is 5.97 Å². The average Bonchev–Trinajstić information content (AvgIpc) is 2.81. The van der Waals surface area contributed by atoms with Crippen LogP contribution in [0.15, 0.2) is 84.9 Å². The van der Waals surface area contributed by atoms with Gasteiger partial charge in [0, 0.05) is 18.3 Å². The summed E-state index contributed by atoms with van der Waals surface area (Å²) in [5.74, 6) is -0.264. The summed E-state index contributed by atoms with van der Waals surface area (Å²) in [5.41, 5.74) is 2.50. The molecule has 0 aromatic heterocycles. The van der Waals surface area contributed by atoms with E-state index in [0.717, 1.165) is 11.3 Å². The highest BCUT2D eigenvalue weighted by Crippen LogP contribution is 2.25. The van der Waals surface area contributed by atoms with E-state index in [4.69, 9.17) is 9.47 Å². The van der Waals surface area contributed by atoms with E-state index in [1.807, 2.05) is 84.9 Å². The SMILES string of the molecule is COc1ccccc1C=C(C(=O)OCC(=O)N(C)c1ccccc1)c1ccccc1. The Bertz CT molecular complexity index is 1030. The van der Waals surface area contributed by atoms with E-state index in [2.05, 4.69) is 0 Å². The standard InChI is InChI=1S/C25H23NO4/c1-26(21-14-7-4-8-15-21)24(27)18-30-25(28)22(19-11-5-3-6-12-19)17-20-13-9-10-16-23(20)29-2/h3-17H,18H2,1-2H3. The topological polar surface area (TPSA) is 55.8 Å². The Balaban J connectivity index is 1.81. The third-order valence-corrected chi connectivity index (χ3v) is 4.59. The monoisotopic (exact) mass is 401 g/mol. The lowest BCUT2D eigenvalue weighted by molar-refractivity contribution is -0.141. The summed E-state index contributed by atoms with van der Waals surface area (Å²) in [6.07, 6.45) is 1.71. The molecule has 30 heavy (non-hydrogen) atoms. The van der Waals surface area contributed by atoms with Crippen molar-refractivity contribution in [1.29, 1.82) is 0 Å². The molecule has 0 unspecified atom stereocenters. The molecule has 3 rings (SSSR count). The molecule has 0 radical (unpaired) electrons. The van der Waals surface area contributed by atoms with Crippen molar-refractivity contribution in [2.45, 2.75) is 0 Å². The zero-order valence-electron chi connectivity index (χ0n) is 16.9. The lowest BCUT2D eigenvalue weighted by atomic mass is 10.0. The summed E-state index contributed by atoms with van der Waals surface area (Å²) in [4.78, 5) is 26.8. The Hall–Kier alpha value is -3.86. The highest BCUT2D eigenvalue weighted by atomic mass is 16.5. The Morgan fingerprint density at radius 1 is 0.867 bits per heavy atom. The van der Waals surface area contributed by atoms with E-state index in [0.29, 0.717) is 16.9 Å². The second-order valence-electron chi connectivity index (χ2n) is 6.53. The van der Waals surface area contributed by atoms with Crippen LogP contribution in [0.1, 0.15) is 11.1 Å². The molecule has 5 heteroatoms. The molecule has 0 aliphatic rings. The van der Waals surface area contributed by atoms with Gasteiger partial charge in [-0.1, -0.05) is 66.7 Å². The highest BCUT2D eigenvalue weighted by molar-refractivity contribution is 6.22. The molecule has 152 valence electrons. The number of benzene rings is 3. The lowest BCUT2D eigenvalue weighted by Crippen LogP contribution is -2.31. The summed E-state index contributed by atoms with van der Waals surface area (Å²) in [6, 6.07) is 25.8. The number of hydrogen-bond acceptors (Lipinski definition) is 4. The highest BCUT2D eigenvalue weighted by Gasteiger charge is 2.18. The van der Waals surface area contributed by atoms with Crippen molar-refractivity contribution in [3.63, 3.8) is 0 Å². The molecule has 1 amide bonds. The molecule has 0 saturated heterocycles. The quantitative estimate of drug-likeness (QED) is 0.334. The van der Waals surface area contributed by atoms with Crippen LogP contribution in [0.2, 0.25) is 0 Å². The molecule has 0 spiro atoms. The van der Waals surface area contributed by atoms with E-state index < -0.39 is 5.97 Å². The first-order valence-electron chi connectivity index (χ1n) is 9.49. The van der Waals surface area contributed by atoms with Crippen LogP contribution in [0.3, 0.4) is 0 Å². The Morgan fingerprint density at radius 2 is 1.47 bits per heavy atom. The molecular formula is C25H23NO4. The first-order chi connectivity index (χ1) is 14.6. The molecule has 5 nitrogen and oxygen atoms in total. The van der Waals surface area contributed by atoms with Crippen molar-refractivity contribution in [3.8, 4) is 5.75 Å². The van der Waals surface area contributed by atoms with Gasteiger partial charge in [0.2, 0.25) is 0 Å². The van der Waals surface area contributed by atoms with Crippen LogP contribution in [0.5, 0.6) is 5.75 Å². The Kier molecular flexibility index (Phi) is 7.00. The zero-order chi connectivity index (χ0) is 21.3. The van der Waals surface area contributed by atoms with Gasteiger partial charge in [0.15, 0.2) is 6.61 Å². The van der Waals surface area contributed by atoms with Crippen LogP contribution in [0.4, 0.5) is 5.69 Å². The predicted molar refractivity (Wildman–Crippen MR) is 118 cm³/mol. The van der Waals surface area contributed by atoms with Crippen molar-refractivity contribution >= 4 is 29.2 Å². The van der Waals surface area contributed by atoms with Crippen LogP contribution in [0, 0.1) is 0 Å². The molecule has 3 aromatic carbocycles. The summed E-state index contributed by atoms with van der Waals surface area (Å²) in [5, 5.41) is 0. The third kappa shape index (κ3) is 5.14. The van der Waals surface area contributed by atoms with E-state index >= 15 is 0 Å². The minimum Gasteiger partial charge on any atom is -0.496 e. The maximum atomic E-state index is 12.9. The molecule has 0 bridgehead atoms. The number of anilines is 1. The van der Waals surface area contributed by atoms with E-state index in [-0.39, 0.29) is 12.5 Å². The molecule has 0 aliphatic heterocycles. The number of likely N-dealkylation sites (N-methyl/N-ethyl adjacent to an activating group) is 1. The molecule has 0 fully saturated rings. The first-order valence-corrected chi connectivity index (χ1v) is 9.49. The van der Waals surface area contributed by atoms with Gasteiger partial charge in [-0.15, -0.1) is 0 Å². The fourth-order valence-corrected chi connectivity index (χ4v) is 2.92. The molecule has 0 atom stereocenters. The van der Waals surface area contributed by atoms with Crippen LogP contribution < -0.4 is 9.64 Å². The van der Waals surface area contributed by atoms with Gasteiger partial charge in [-0.3, -0.25) is 4.79 Å². The Morgan fingerprint density at radius 3 is 2.13 bits per heavy atom. The van der Waals surface area contributed by atoms with Crippen molar-refractivity contribution in [2.75, 3.05) is 25.7 Å². The predicted octanol–water partition coefficient (Wildman–Crippen LogP) is 4.44. The number of nitrogens with zero attached hydrogens (tertiary/aromatic N) is 1. The zero-order valence-corrected chi connectivity index (χ0v) is 16.9. The average molecular weight is 401 g/mol. The first kappa shape index (κ1) is 20.9. The summed E-state index contributed by atoms with van der Waals surface area (Å²) >= 11 is 0.